The third-order valence-electron chi connectivity index (χ3n) is 3.04. The largest absolute Gasteiger partial charge is 0.504 e. The molecular weight excluding hydrogens is 370 g/mol. The van der Waals surface area contributed by atoms with Gasteiger partial charge in [0.05, 0.1) is 16.3 Å². The monoisotopic (exact) mass is 379 g/mol. The Morgan fingerprint density at radius 2 is 2.04 bits per heavy atom. The molecule has 1 aromatic heterocycles. The maximum Gasteiger partial charge on any atom is 0.418 e. The van der Waals surface area contributed by atoms with Gasteiger partial charge in [-0.25, -0.2) is 0 Å². The summed E-state index contributed by atoms with van der Waals surface area (Å²) in [6.07, 6.45) is -4.78. The average Bonchev–Trinajstić information content (AvgIpc) is 2.48. The van der Waals surface area contributed by atoms with Crippen molar-refractivity contribution in [3.63, 3.8) is 0 Å². The van der Waals surface area contributed by atoms with Crippen LogP contribution < -0.4 is 4.74 Å². The second-order valence-corrected chi connectivity index (χ2v) is 5.57. The molecule has 0 saturated carbocycles. The molecule has 0 amide bonds. The third-order valence-corrected chi connectivity index (χ3v) is 3.55. The molecule has 0 fully saturated rings. The van der Waals surface area contributed by atoms with E-state index in [2.05, 4.69) is 4.98 Å². The van der Waals surface area contributed by atoms with E-state index in [1.54, 1.807) is 0 Å². The Bertz CT molecular complexity index is 781. The Labute approximate surface area is 144 Å². The van der Waals surface area contributed by atoms with Crippen LogP contribution in [-0.4, -0.2) is 21.4 Å². The van der Waals surface area contributed by atoms with Gasteiger partial charge < -0.3 is 9.84 Å². The summed E-state index contributed by atoms with van der Waals surface area (Å²) >= 11 is 10.9. The number of nitrogens with zero attached hydrogens (tertiary/aromatic N) is 1. The molecule has 1 N–H and O–H groups in total. The molecule has 0 radical (unpaired) electrons. The number of carbonyl (C=O) groups excluding carboxylic acids is 1. The van der Waals surface area contributed by atoms with Crippen molar-refractivity contribution >= 4 is 28.4 Å². The van der Waals surface area contributed by atoms with Gasteiger partial charge in [-0.2, -0.15) is 13.2 Å². The van der Waals surface area contributed by atoms with E-state index in [9.17, 15) is 23.1 Å². The number of alkyl halides is 3. The SMILES string of the molecule is CC(Oc1cccc(-c2ncc(Cl)cc2C(F)(F)F)c1O)C(=O)Cl. The number of para-hydroxylation sites is 1. The topological polar surface area (TPSA) is 59.4 Å². The molecule has 24 heavy (non-hydrogen) atoms. The summed E-state index contributed by atoms with van der Waals surface area (Å²) in [4.78, 5) is 14.7. The fraction of sp³-hybridized carbons (Fsp3) is 0.200. The number of aromatic hydroxyl groups is 1. The zero-order valence-corrected chi connectivity index (χ0v) is 13.6. The minimum atomic E-state index is -4.73. The number of hydrogen-bond acceptors (Lipinski definition) is 4. The van der Waals surface area contributed by atoms with Gasteiger partial charge in [0.1, 0.15) is 0 Å². The maximum absolute atomic E-state index is 13.2. The van der Waals surface area contributed by atoms with E-state index in [0.717, 1.165) is 6.20 Å². The number of benzene rings is 1. The van der Waals surface area contributed by atoms with Crippen molar-refractivity contribution in [1.29, 1.82) is 0 Å². The average molecular weight is 380 g/mol. The van der Waals surface area contributed by atoms with E-state index >= 15 is 0 Å². The molecule has 0 aliphatic heterocycles. The number of hydrogen-bond donors (Lipinski definition) is 1. The Balaban J connectivity index is 2.57. The van der Waals surface area contributed by atoms with E-state index in [-0.39, 0.29) is 16.3 Å². The summed E-state index contributed by atoms with van der Waals surface area (Å²) in [5.74, 6) is -0.790. The third kappa shape index (κ3) is 3.91. The van der Waals surface area contributed by atoms with Gasteiger partial charge in [0.25, 0.3) is 5.24 Å². The lowest BCUT2D eigenvalue weighted by atomic mass is 10.0. The number of ether oxygens (including phenoxy) is 1. The van der Waals surface area contributed by atoms with E-state index in [4.69, 9.17) is 27.9 Å². The Hall–Kier alpha value is -1.99. The molecule has 9 heteroatoms. The quantitative estimate of drug-likeness (QED) is 0.784. The van der Waals surface area contributed by atoms with Crippen molar-refractivity contribution < 1.29 is 27.8 Å². The number of aromatic nitrogens is 1. The minimum absolute atomic E-state index is 0.195. The lowest BCUT2D eigenvalue weighted by Gasteiger charge is -2.16. The molecule has 1 atom stereocenters. The zero-order valence-electron chi connectivity index (χ0n) is 12.1. The highest BCUT2D eigenvalue weighted by molar-refractivity contribution is 6.64. The summed E-state index contributed by atoms with van der Waals surface area (Å²) in [6.45, 7) is 1.34. The first-order chi connectivity index (χ1) is 11.1. The molecule has 0 aliphatic rings. The summed E-state index contributed by atoms with van der Waals surface area (Å²) in [7, 11) is 0. The number of phenols is 1. The van der Waals surface area contributed by atoms with Crippen LogP contribution in [0.1, 0.15) is 12.5 Å². The summed E-state index contributed by atoms with van der Waals surface area (Å²) in [5, 5.41) is 9.20. The van der Waals surface area contributed by atoms with Gasteiger partial charge in [-0.05, 0) is 36.7 Å². The Morgan fingerprint density at radius 3 is 2.62 bits per heavy atom. The molecular formula is C15H10Cl2F3NO3. The molecule has 0 spiro atoms. The van der Waals surface area contributed by atoms with Crippen molar-refractivity contribution in [2.45, 2.75) is 19.2 Å². The van der Waals surface area contributed by atoms with Crippen LogP contribution in [0.15, 0.2) is 30.5 Å². The van der Waals surface area contributed by atoms with Gasteiger partial charge in [0.2, 0.25) is 0 Å². The van der Waals surface area contributed by atoms with Crippen LogP contribution in [0.3, 0.4) is 0 Å². The first-order valence-corrected chi connectivity index (χ1v) is 7.28. The van der Waals surface area contributed by atoms with Crippen molar-refractivity contribution in [1.82, 2.24) is 4.98 Å². The number of pyridine rings is 1. The molecule has 0 bridgehead atoms. The van der Waals surface area contributed by atoms with Crippen LogP contribution in [0.4, 0.5) is 13.2 Å². The van der Waals surface area contributed by atoms with Crippen LogP contribution in [-0.2, 0) is 11.0 Å². The zero-order chi connectivity index (χ0) is 18.1. The maximum atomic E-state index is 13.2. The van der Waals surface area contributed by atoms with Crippen molar-refractivity contribution in [2.24, 2.45) is 0 Å². The minimum Gasteiger partial charge on any atom is -0.504 e. The molecule has 4 nitrogen and oxygen atoms in total. The van der Waals surface area contributed by atoms with Crippen LogP contribution in [0.25, 0.3) is 11.3 Å². The summed E-state index contributed by atoms with van der Waals surface area (Å²) < 4.78 is 44.7. The van der Waals surface area contributed by atoms with Gasteiger partial charge in [-0.3, -0.25) is 9.78 Å². The van der Waals surface area contributed by atoms with Gasteiger partial charge in [0, 0.05) is 11.8 Å². The van der Waals surface area contributed by atoms with E-state index < -0.39 is 34.5 Å². The number of carbonyl (C=O) groups is 1. The fourth-order valence-electron chi connectivity index (χ4n) is 1.92. The molecule has 1 aromatic carbocycles. The smallest absolute Gasteiger partial charge is 0.418 e. The normalized spacial score (nSPS) is 12.8. The van der Waals surface area contributed by atoms with E-state index in [1.165, 1.54) is 25.1 Å². The van der Waals surface area contributed by atoms with E-state index in [1.807, 2.05) is 0 Å². The molecule has 0 aliphatic carbocycles. The standard InChI is InChI=1S/C15H10Cl2F3NO3/c1-7(14(17)23)24-11-4-2-3-9(13(11)22)12-10(15(18,19)20)5-8(16)6-21-12/h2-7,22H,1H3. The molecule has 1 unspecified atom stereocenters. The lowest BCUT2D eigenvalue weighted by molar-refractivity contribution is -0.137. The predicted octanol–water partition coefficient (Wildman–Crippen LogP) is 4.66. The van der Waals surface area contributed by atoms with Crippen molar-refractivity contribution in [3.8, 4) is 22.8 Å². The molecule has 2 aromatic rings. The highest BCUT2D eigenvalue weighted by Gasteiger charge is 2.35. The van der Waals surface area contributed by atoms with Crippen molar-refractivity contribution in [2.75, 3.05) is 0 Å². The Kier molecular flexibility index (Phi) is 5.25. The van der Waals surface area contributed by atoms with Crippen LogP contribution >= 0.6 is 23.2 Å². The van der Waals surface area contributed by atoms with Gasteiger partial charge in [-0.1, -0.05) is 17.7 Å². The Morgan fingerprint density at radius 1 is 1.38 bits per heavy atom. The predicted molar refractivity (Wildman–Crippen MR) is 82.3 cm³/mol. The van der Waals surface area contributed by atoms with Crippen LogP contribution in [0.2, 0.25) is 5.02 Å². The first kappa shape index (κ1) is 18.4. The molecule has 1 heterocycles. The number of phenolic OH excluding ortho intramolecular Hbond substituents is 1. The van der Waals surface area contributed by atoms with Crippen LogP contribution in [0, 0.1) is 0 Å². The molecule has 0 saturated heterocycles. The number of rotatable bonds is 4. The second-order valence-electron chi connectivity index (χ2n) is 4.76. The van der Waals surface area contributed by atoms with Gasteiger partial charge in [0.15, 0.2) is 17.6 Å². The van der Waals surface area contributed by atoms with Gasteiger partial charge in [-0.15, -0.1) is 0 Å². The van der Waals surface area contributed by atoms with Crippen molar-refractivity contribution in [3.05, 3.63) is 41.0 Å². The summed E-state index contributed by atoms with van der Waals surface area (Å²) in [6, 6.07) is 4.59. The second kappa shape index (κ2) is 6.86. The van der Waals surface area contributed by atoms with E-state index in [0.29, 0.717) is 6.07 Å². The molecule has 128 valence electrons. The first-order valence-electron chi connectivity index (χ1n) is 6.52. The lowest BCUT2D eigenvalue weighted by Crippen LogP contribution is -2.19. The summed E-state index contributed by atoms with van der Waals surface area (Å²) in [5.41, 5.74) is -1.84. The fourth-order valence-corrected chi connectivity index (χ4v) is 2.12. The van der Waals surface area contributed by atoms with Gasteiger partial charge >= 0.3 is 6.18 Å². The highest BCUT2D eigenvalue weighted by Crippen LogP contribution is 2.43. The highest BCUT2D eigenvalue weighted by atomic mass is 35.5. The van der Waals surface area contributed by atoms with Crippen LogP contribution in [0.5, 0.6) is 11.5 Å². The number of halogens is 5. The molecule has 2 rings (SSSR count).